The Morgan fingerprint density at radius 3 is 1.79 bits per heavy atom. The molecule has 7 nitrogen and oxygen atoms in total. The highest BCUT2D eigenvalue weighted by molar-refractivity contribution is 5.52. The largest absolute Gasteiger partial charge is 0.450 e. The molecule has 0 unspecified atom stereocenters. The molecule has 0 fully saturated rings. The Kier molecular flexibility index (Phi) is 5.47. The lowest BCUT2D eigenvalue weighted by Gasteiger charge is -2.23. The van der Waals surface area contributed by atoms with Gasteiger partial charge in [0.15, 0.2) is 5.92 Å². The molecule has 13 heteroatoms. The van der Waals surface area contributed by atoms with Crippen molar-refractivity contribution in [3.8, 4) is 11.5 Å². The van der Waals surface area contributed by atoms with Crippen LogP contribution in [0.3, 0.4) is 0 Å². The summed E-state index contributed by atoms with van der Waals surface area (Å²) < 4.78 is 81.9. The van der Waals surface area contributed by atoms with E-state index in [2.05, 4.69) is 0 Å². The highest BCUT2D eigenvalue weighted by atomic mass is 19.4. The fraction of sp³-hybridized carbons (Fsp3) is 0.200. The Balaban J connectivity index is 2.45. The monoisotopic (exact) mass is 410 g/mol. The fourth-order valence-electron chi connectivity index (χ4n) is 2.27. The normalized spacial score (nSPS) is 12.1. The molecular weight excluding hydrogens is 402 g/mol. The first kappa shape index (κ1) is 20.9. The topological polar surface area (TPSA) is 95.5 Å². The van der Waals surface area contributed by atoms with E-state index in [1.165, 1.54) is 0 Å². The van der Waals surface area contributed by atoms with Gasteiger partial charge in [-0.25, -0.2) is 0 Å². The van der Waals surface area contributed by atoms with Crippen molar-refractivity contribution in [2.24, 2.45) is 0 Å². The number of benzene rings is 2. The molecule has 2 rings (SSSR count). The summed E-state index contributed by atoms with van der Waals surface area (Å²) in [6.07, 6.45) is -11.4. The molecule has 0 atom stereocenters. The van der Waals surface area contributed by atoms with E-state index in [0.29, 0.717) is 12.1 Å². The number of non-ortho nitro benzene ring substituents is 1. The van der Waals surface area contributed by atoms with Gasteiger partial charge >= 0.3 is 18.0 Å². The molecule has 150 valence electrons. The molecule has 0 spiro atoms. The Hall–Kier alpha value is -3.38. The van der Waals surface area contributed by atoms with E-state index in [4.69, 9.17) is 4.74 Å². The summed E-state index contributed by atoms with van der Waals surface area (Å²) in [6.45, 7) is 0. The van der Waals surface area contributed by atoms with Gasteiger partial charge in [0.05, 0.1) is 9.85 Å². The van der Waals surface area contributed by atoms with Gasteiger partial charge in [-0.05, 0) is 23.8 Å². The average molecular weight is 410 g/mol. The van der Waals surface area contributed by atoms with E-state index in [0.717, 1.165) is 24.3 Å². The van der Waals surface area contributed by atoms with Gasteiger partial charge in [-0.2, -0.15) is 26.3 Å². The molecule has 0 aliphatic heterocycles. The number of hydrogen-bond donors (Lipinski definition) is 0. The van der Waals surface area contributed by atoms with Crippen LogP contribution in [-0.4, -0.2) is 22.2 Å². The van der Waals surface area contributed by atoms with Crippen molar-refractivity contribution >= 4 is 11.4 Å². The lowest BCUT2D eigenvalue weighted by molar-refractivity contribution is -0.385. The number of halogens is 6. The molecule has 0 radical (unpaired) electrons. The predicted octanol–water partition coefficient (Wildman–Crippen LogP) is 5.50. The molecule has 0 aliphatic carbocycles. The van der Waals surface area contributed by atoms with Gasteiger partial charge in [0.25, 0.3) is 5.69 Å². The molecule has 0 saturated heterocycles. The Morgan fingerprint density at radius 2 is 1.36 bits per heavy atom. The van der Waals surface area contributed by atoms with E-state index in [1.54, 1.807) is 0 Å². The first-order chi connectivity index (χ1) is 12.8. The van der Waals surface area contributed by atoms with Crippen LogP contribution in [0.25, 0.3) is 0 Å². The minimum atomic E-state index is -5.72. The zero-order valence-electron chi connectivity index (χ0n) is 13.3. The van der Waals surface area contributed by atoms with Gasteiger partial charge in [0, 0.05) is 18.2 Å². The van der Waals surface area contributed by atoms with Gasteiger partial charge in [-0.1, -0.05) is 6.07 Å². The molecule has 2 aromatic rings. The molecule has 0 aromatic heterocycles. The lowest BCUT2D eigenvalue weighted by atomic mass is 9.97. The van der Waals surface area contributed by atoms with Crippen molar-refractivity contribution in [2.75, 3.05) is 0 Å². The van der Waals surface area contributed by atoms with Gasteiger partial charge in [0.2, 0.25) is 5.75 Å². The van der Waals surface area contributed by atoms with Crippen molar-refractivity contribution < 1.29 is 40.9 Å². The van der Waals surface area contributed by atoms with Gasteiger partial charge in [-0.15, -0.1) is 0 Å². The highest BCUT2D eigenvalue weighted by Gasteiger charge is 2.57. The molecular formula is C15H8F6N2O5. The second-order valence-electron chi connectivity index (χ2n) is 5.35. The maximum Gasteiger partial charge on any atom is 0.404 e. The summed E-state index contributed by atoms with van der Waals surface area (Å²) in [5, 5.41) is 21.7. The SMILES string of the molecule is O=[N+]([O-])c1ccc(Oc2ccc(C(C(F)(F)F)C(F)(F)F)cc2[N+](=O)[O-])cc1. The molecule has 0 aliphatic rings. The first-order valence-corrected chi connectivity index (χ1v) is 7.15. The third-order valence-corrected chi connectivity index (χ3v) is 3.44. The van der Waals surface area contributed by atoms with Crippen LogP contribution < -0.4 is 4.74 Å². The second-order valence-corrected chi connectivity index (χ2v) is 5.35. The molecule has 0 saturated carbocycles. The highest BCUT2D eigenvalue weighted by Crippen LogP contribution is 2.48. The fourth-order valence-corrected chi connectivity index (χ4v) is 2.27. The van der Waals surface area contributed by atoms with Crippen LogP contribution in [0.15, 0.2) is 42.5 Å². The van der Waals surface area contributed by atoms with E-state index >= 15 is 0 Å². The number of nitro groups is 2. The molecule has 0 bridgehead atoms. The number of nitrogens with zero attached hydrogens (tertiary/aromatic N) is 2. The number of nitro benzene ring substituents is 2. The minimum absolute atomic E-state index is 0.131. The minimum Gasteiger partial charge on any atom is -0.450 e. The number of hydrogen-bond acceptors (Lipinski definition) is 5. The zero-order valence-corrected chi connectivity index (χ0v) is 13.3. The quantitative estimate of drug-likeness (QED) is 0.368. The summed E-state index contributed by atoms with van der Waals surface area (Å²) in [4.78, 5) is 19.7. The van der Waals surface area contributed by atoms with Gasteiger partial charge in [0.1, 0.15) is 5.75 Å². The summed E-state index contributed by atoms with van der Waals surface area (Å²) >= 11 is 0. The van der Waals surface area contributed by atoms with Crippen LogP contribution in [-0.2, 0) is 0 Å². The maximum atomic E-state index is 12.8. The molecule has 0 amide bonds. The van der Waals surface area contributed by atoms with Crippen molar-refractivity contribution in [2.45, 2.75) is 18.3 Å². The summed E-state index contributed by atoms with van der Waals surface area (Å²) in [7, 11) is 0. The molecule has 2 aromatic carbocycles. The first-order valence-electron chi connectivity index (χ1n) is 7.15. The predicted molar refractivity (Wildman–Crippen MR) is 81.1 cm³/mol. The van der Waals surface area contributed by atoms with Crippen molar-refractivity contribution in [3.63, 3.8) is 0 Å². The average Bonchev–Trinajstić information content (AvgIpc) is 2.54. The van der Waals surface area contributed by atoms with Crippen molar-refractivity contribution in [1.82, 2.24) is 0 Å². The standard InChI is InChI=1S/C15H8F6N2O5/c16-14(17,18)13(15(19,20)21)8-1-6-12(11(7-8)23(26)27)28-10-4-2-9(3-5-10)22(24)25/h1-7,13H. The van der Waals surface area contributed by atoms with Crippen LogP contribution in [0, 0.1) is 20.2 Å². The Morgan fingerprint density at radius 1 is 0.821 bits per heavy atom. The lowest BCUT2D eigenvalue weighted by Crippen LogP contribution is -2.34. The zero-order chi connectivity index (χ0) is 21.3. The van der Waals surface area contributed by atoms with Crippen LogP contribution in [0.1, 0.15) is 11.5 Å². The third-order valence-electron chi connectivity index (χ3n) is 3.44. The molecule has 0 heterocycles. The summed E-state index contributed by atoms with van der Waals surface area (Å²) in [6, 6.07) is 5.26. The summed E-state index contributed by atoms with van der Waals surface area (Å²) in [5.74, 6) is -4.69. The number of rotatable bonds is 5. The smallest absolute Gasteiger partial charge is 0.404 e. The van der Waals surface area contributed by atoms with Crippen LogP contribution in [0.5, 0.6) is 11.5 Å². The van der Waals surface area contributed by atoms with Crippen LogP contribution in [0.2, 0.25) is 0 Å². The van der Waals surface area contributed by atoms with E-state index < -0.39 is 45.1 Å². The van der Waals surface area contributed by atoms with E-state index in [9.17, 15) is 46.6 Å². The van der Waals surface area contributed by atoms with E-state index in [-0.39, 0.29) is 17.5 Å². The van der Waals surface area contributed by atoms with Gasteiger partial charge < -0.3 is 4.74 Å². The number of alkyl halides is 6. The molecule has 28 heavy (non-hydrogen) atoms. The second kappa shape index (κ2) is 7.32. The Labute approximate surface area is 151 Å². The van der Waals surface area contributed by atoms with Crippen molar-refractivity contribution in [3.05, 3.63) is 68.3 Å². The molecule has 0 N–H and O–H groups in total. The van der Waals surface area contributed by atoms with Crippen molar-refractivity contribution in [1.29, 1.82) is 0 Å². The summed E-state index contributed by atoms with van der Waals surface area (Å²) in [5.41, 5.74) is -2.83. The van der Waals surface area contributed by atoms with Crippen LogP contribution >= 0.6 is 0 Å². The Bertz CT molecular complexity index is 881. The number of ether oxygens (including phenoxy) is 1. The third kappa shape index (κ3) is 4.66. The van der Waals surface area contributed by atoms with E-state index in [1.807, 2.05) is 0 Å². The maximum absolute atomic E-state index is 12.8. The van der Waals surface area contributed by atoms with Crippen LogP contribution in [0.4, 0.5) is 37.7 Å². The van der Waals surface area contributed by atoms with Gasteiger partial charge in [-0.3, -0.25) is 20.2 Å².